The molecule has 0 fully saturated rings. The fourth-order valence-corrected chi connectivity index (χ4v) is 2.88. The van der Waals surface area contributed by atoms with Crippen LogP contribution in [0.5, 0.6) is 5.75 Å². The molecular formula is C19H21BrN2O2S. The van der Waals surface area contributed by atoms with Crippen molar-refractivity contribution in [1.82, 2.24) is 5.32 Å². The summed E-state index contributed by atoms with van der Waals surface area (Å²) in [4.78, 5) is 12.4. The van der Waals surface area contributed by atoms with Crippen LogP contribution >= 0.6 is 28.1 Å². The van der Waals surface area contributed by atoms with Gasteiger partial charge in [0.25, 0.3) is 5.91 Å². The first-order valence-electron chi connectivity index (χ1n) is 8.03. The molecule has 2 N–H and O–H groups in total. The number of anilines is 1. The summed E-state index contributed by atoms with van der Waals surface area (Å²) in [5, 5.41) is 6.03. The number of halogens is 1. The summed E-state index contributed by atoms with van der Waals surface area (Å²) in [5.74, 6) is 0.444. The Bertz CT molecular complexity index is 793. The van der Waals surface area contributed by atoms with E-state index in [-0.39, 0.29) is 11.0 Å². The van der Waals surface area contributed by atoms with E-state index >= 15 is 0 Å². The molecule has 2 aromatic rings. The number of aryl methyl sites for hydroxylation is 1. The lowest BCUT2D eigenvalue weighted by molar-refractivity contribution is 0.0977. The zero-order valence-electron chi connectivity index (χ0n) is 14.5. The first-order chi connectivity index (χ1) is 11.9. The molecule has 0 spiro atoms. The molecule has 4 nitrogen and oxygen atoms in total. The topological polar surface area (TPSA) is 50.4 Å². The highest BCUT2D eigenvalue weighted by molar-refractivity contribution is 9.10. The third-order valence-electron chi connectivity index (χ3n) is 3.74. The number of carbonyl (C=O) groups excluding carboxylic acids is 1. The van der Waals surface area contributed by atoms with Crippen LogP contribution in [-0.4, -0.2) is 17.6 Å². The fraction of sp³-hybridized carbons (Fsp3) is 0.263. The molecule has 0 atom stereocenters. The Morgan fingerprint density at radius 3 is 2.68 bits per heavy atom. The highest BCUT2D eigenvalue weighted by Crippen LogP contribution is 2.26. The van der Waals surface area contributed by atoms with E-state index in [1.165, 1.54) is 0 Å². The third-order valence-corrected chi connectivity index (χ3v) is 4.56. The van der Waals surface area contributed by atoms with Gasteiger partial charge in [0.15, 0.2) is 5.11 Å². The molecule has 0 aliphatic carbocycles. The van der Waals surface area contributed by atoms with Crippen LogP contribution < -0.4 is 15.4 Å². The van der Waals surface area contributed by atoms with E-state index in [0.717, 1.165) is 33.5 Å². The molecule has 0 heterocycles. The monoisotopic (exact) mass is 420 g/mol. The lowest BCUT2D eigenvalue weighted by Crippen LogP contribution is -2.34. The van der Waals surface area contributed by atoms with Crippen molar-refractivity contribution < 1.29 is 9.53 Å². The molecular weight excluding hydrogens is 400 g/mol. The Morgan fingerprint density at radius 2 is 2.00 bits per heavy atom. The highest BCUT2D eigenvalue weighted by atomic mass is 79.9. The molecule has 0 saturated heterocycles. The Morgan fingerprint density at radius 1 is 1.24 bits per heavy atom. The van der Waals surface area contributed by atoms with Gasteiger partial charge in [0.1, 0.15) is 5.75 Å². The maximum atomic E-state index is 12.4. The van der Waals surface area contributed by atoms with Crippen molar-refractivity contribution >= 4 is 44.9 Å². The second-order valence-corrected chi connectivity index (χ2v) is 6.91. The van der Waals surface area contributed by atoms with Crippen molar-refractivity contribution in [2.45, 2.75) is 27.2 Å². The van der Waals surface area contributed by atoms with E-state index in [1.54, 1.807) is 18.2 Å². The zero-order chi connectivity index (χ0) is 18.4. The van der Waals surface area contributed by atoms with Crippen LogP contribution in [0.4, 0.5) is 5.69 Å². The summed E-state index contributed by atoms with van der Waals surface area (Å²) in [6.07, 6.45) is 0.924. The lowest BCUT2D eigenvalue weighted by atomic mass is 10.1. The predicted molar refractivity (Wildman–Crippen MR) is 110 cm³/mol. The van der Waals surface area contributed by atoms with Gasteiger partial charge < -0.3 is 10.1 Å². The van der Waals surface area contributed by atoms with Crippen LogP contribution in [0.1, 0.15) is 34.8 Å². The quantitative estimate of drug-likeness (QED) is 0.669. The summed E-state index contributed by atoms with van der Waals surface area (Å²) in [6.45, 7) is 6.71. The molecule has 6 heteroatoms. The van der Waals surface area contributed by atoms with Gasteiger partial charge in [-0.05, 0) is 83.8 Å². The molecule has 132 valence electrons. The van der Waals surface area contributed by atoms with Gasteiger partial charge in [-0.15, -0.1) is 0 Å². The maximum Gasteiger partial charge on any atom is 0.257 e. The average Bonchev–Trinajstić information content (AvgIpc) is 2.57. The summed E-state index contributed by atoms with van der Waals surface area (Å²) in [7, 11) is 0. The minimum Gasteiger partial charge on any atom is -0.492 e. The predicted octanol–water partition coefficient (Wildman–Crippen LogP) is 4.98. The largest absolute Gasteiger partial charge is 0.492 e. The summed E-state index contributed by atoms with van der Waals surface area (Å²) in [5.41, 5.74) is 3.64. The smallest absolute Gasteiger partial charge is 0.257 e. The number of thiocarbonyl (C=S) groups is 1. The third kappa shape index (κ3) is 5.28. The first-order valence-corrected chi connectivity index (χ1v) is 9.23. The minimum atomic E-state index is -0.273. The number of carbonyl (C=O) groups is 1. The Hall–Kier alpha value is -1.92. The van der Waals surface area contributed by atoms with Crippen LogP contribution in [0.3, 0.4) is 0 Å². The SMILES string of the molecule is CCCOc1ccc(C(=O)NC(=S)Nc2cccc(C)c2C)cc1Br. The molecule has 0 unspecified atom stereocenters. The van der Waals surface area contributed by atoms with E-state index < -0.39 is 0 Å². The molecule has 1 amide bonds. The molecule has 0 aliphatic rings. The summed E-state index contributed by atoms with van der Waals surface area (Å²) in [6, 6.07) is 11.1. The van der Waals surface area contributed by atoms with Gasteiger partial charge in [-0.1, -0.05) is 19.1 Å². The number of hydrogen-bond donors (Lipinski definition) is 2. The number of amides is 1. The first kappa shape index (κ1) is 19.4. The van der Waals surface area contributed by atoms with Crippen LogP contribution in [0.2, 0.25) is 0 Å². The highest BCUT2D eigenvalue weighted by Gasteiger charge is 2.11. The number of benzene rings is 2. The van der Waals surface area contributed by atoms with Gasteiger partial charge >= 0.3 is 0 Å². The number of hydrogen-bond acceptors (Lipinski definition) is 3. The van der Waals surface area contributed by atoms with Gasteiger partial charge in [-0.3, -0.25) is 10.1 Å². The Kier molecular flexibility index (Phi) is 6.96. The molecule has 2 aromatic carbocycles. The van der Waals surface area contributed by atoms with Crippen molar-refractivity contribution in [2.24, 2.45) is 0 Å². The van der Waals surface area contributed by atoms with Crippen LogP contribution in [-0.2, 0) is 0 Å². The molecule has 0 bridgehead atoms. The number of ether oxygens (including phenoxy) is 1. The van der Waals surface area contributed by atoms with E-state index in [9.17, 15) is 4.79 Å². The van der Waals surface area contributed by atoms with Crippen LogP contribution in [0.15, 0.2) is 40.9 Å². The van der Waals surface area contributed by atoms with Crippen LogP contribution in [0, 0.1) is 13.8 Å². The van der Waals surface area contributed by atoms with Crippen molar-refractivity contribution in [2.75, 3.05) is 11.9 Å². The van der Waals surface area contributed by atoms with E-state index in [2.05, 4.69) is 26.6 Å². The van der Waals surface area contributed by atoms with E-state index in [4.69, 9.17) is 17.0 Å². The molecule has 0 radical (unpaired) electrons. The molecule has 2 rings (SSSR count). The van der Waals surface area contributed by atoms with Crippen LogP contribution in [0.25, 0.3) is 0 Å². The Labute approximate surface area is 162 Å². The Balaban J connectivity index is 2.02. The van der Waals surface area contributed by atoms with Gasteiger partial charge in [0, 0.05) is 11.3 Å². The summed E-state index contributed by atoms with van der Waals surface area (Å²) < 4.78 is 6.33. The summed E-state index contributed by atoms with van der Waals surface area (Å²) >= 11 is 8.68. The van der Waals surface area contributed by atoms with Crippen molar-refractivity contribution in [3.8, 4) is 5.75 Å². The van der Waals surface area contributed by atoms with Crippen molar-refractivity contribution in [1.29, 1.82) is 0 Å². The second-order valence-electron chi connectivity index (χ2n) is 5.65. The normalized spacial score (nSPS) is 10.2. The lowest BCUT2D eigenvalue weighted by Gasteiger charge is -2.13. The van der Waals surface area contributed by atoms with E-state index in [1.807, 2.05) is 39.0 Å². The number of nitrogens with one attached hydrogen (secondary N) is 2. The second kappa shape index (κ2) is 8.97. The zero-order valence-corrected chi connectivity index (χ0v) is 16.9. The molecule has 25 heavy (non-hydrogen) atoms. The standard InChI is InChI=1S/C19H21BrN2O2S/c1-4-10-24-17-9-8-14(11-15(17)20)18(23)22-19(25)21-16-7-5-6-12(2)13(16)3/h5-9,11H,4,10H2,1-3H3,(H2,21,22,23,25). The molecule has 0 aliphatic heterocycles. The van der Waals surface area contributed by atoms with Gasteiger partial charge in [-0.2, -0.15) is 0 Å². The minimum absolute atomic E-state index is 0.265. The maximum absolute atomic E-state index is 12.4. The van der Waals surface area contributed by atoms with Gasteiger partial charge in [-0.25, -0.2) is 0 Å². The van der Waals surface area contributed by atoms with Crippen molar-refractivity contribution in [3.05, 3.63) is 57.6 Å². The number of rotatable bonds is 5. The van der Waals surface area contributed by atoms with E-state index in [0.29, 0.717) is 12.2 Å². The molecule has 0 saturated carbocycles. The fourth-order valence-electron chi connectivity index (χ4n) is 2.19. The average molecular weight is 421 g/mol. The molecule has 0 aromatic heterocycles. The van der Waals surface area contributed by atoms with Gasteiger partial charge in [0.2, 0.25) is 0 Å². The van der Waals surface area contributed by atoms with Crippen molar-refractivity contribution in [3.63, 3.8) is 0 Å². The van der Waals surface area contributed by atoms with Gasteiger partial charge in [0.05, 0.1) is 11.1 Å².